The lowest BCUT2D eigenvalue weighted by Crippen LogP contribution is -2.39. The van der Waals surface area contributed by atoms with Crippen LogP contribution in [0.2, 0.25) is 0 Å². The number of hydrogen-bond donors (Lipinski definition) is 1. The Balaban J connectivity index is 2.57. The van der Waals surface area contributed by atoms with E-state index in [1.54, 1.807) is 26.0 Å². The molecule has 0 fully saturated rings. The predicted octanol–water partition coefficient (Wildman–Crippen LogP) is 2.61. The van der Waals surface area contributed by atoms with Gasteiger partial charge in [0.1, 0.15) is 5.75 Å². The second-order valence-corrected chi connectivity index (χ2v) is 5.71. The maximum absolute atomic E-state index is 12.0. The lowest BCUT2D eigenvalue weighted by Gasteiger charge is -2.24. The number of benzene rings is 1. The van der Waals surface area contributed by atoms with E-state index in [0.29, 0.717) is 25.2 Å². The summed E-state index contributed by atoms with van der Waals surface area (Å²) in [6, 6.07) is 7.27. The van der Waals surface area contributed by atoms with Gasteiger partial charge in [-0.25, -0.2) is 4.79 Å². The molecule has 0 bridgehead atoms. The SMILES string of the molecule is CCCCOC(=O)C(C)(C)Oc1ccc(CCC(N)=O)cc1. The van der Waals surface area contributed by atoms with Gasteiger partial charge >= 0.3 is 5.97 Å². The van der Waals surface area contributed by atoms with Crippen LogP contribution in [0.3, 0.4) is 0 Å². The van der Waals surface area contributed by atoms with Crippen molar-refractivity contribution in [2.45, 2.75) is 52.1 Å². The van der Waals surface area contributed by atoms with Gasteiger partial charge in [-0.2, -0.15) is 0 Å². The molecule has 0 atom stereocenters. The van der Waals surface area contributed by atoms with E-state index in [1.807, 2.05) is 19.1 Å². The number of carbonyl (C=O) groups is 2. The maximum Gasteiger partial charge on any atom is 0.349 e. The molecule has 0 spiro atoms. The summed E-state index contributed by atoms with van der Waals surface area (Å²) in [5, 5.41) is 0. The second kappa shape index (κ2) is 8.41. The van der Waals surface area contributed by atoms with Crippen molar-refractivity contribution in [3.63, 3.8) is 0 Å². The van der Waals surface area contributed by atoms with Crippen molar-refractivity contribution in [3.8, 4) is 5.75 Å². The van der Waals surface area contributed by atoms with Gasteiger partial charge < -0.3 is 15.2 Å². The summed E-state index contributed by atoms with van der Waals surface area (Å²) in [5.41, 5.74) is 5.08. The Morgan fingerprint density at radius 2 is 1.82 bits per heavy atom. The van der Waals surface area contributed by atoms with Crippen LogP contribution in [0, 0.1) is 0 Å². The van der Waals surface area contributed by atoms with Gasteiger partial charge in [0.2, 0.25) is 5.91 Å². The minimum atomic E-state index is -1.04. The monoisotopic (exact) mass is 307 g/mol. The zero-order valence-electron chi connectivity index (χ0n) is 13.6. The number of nitrogens with two attached hydrogens (primary N) is 1. The Bertz CT molecular complexity index is 494. The van der Waals surface area contributed by atoms with Crippen molar-refractivity contribution in [2.75, 3.05) is 6.61 Å². The van der Waals surface area contributed by atoms with Crippen molar-refractivity contribution in [1.82, 2.24) is 0 Å². The van der Waals surface area contributed by atoms with E-state index in [1.165, 1.54) is 0 Å². The zero-order chi connectivity index (χ0) is 16.6. The Kier molecular flexibility index (Phi) is 6.89. The highest BCUT2D eigenvalue weighted by Gasteiger charge is 2.31. The van der Waals surface area contributed by atoms with E-state index in [-0.39, 0.29) is 11.9 Å². The summed E-state index contributed by atoms with van der Waals surface area (Å²) in [5.74, 6) is -0.115. The highest BCUT2D eigenvalue weighted by molar-refractivity contribution is 5.79. The quantitative estimate of drug-likeness (QED) is 0.562. The molecular weight excluding hydrogens is 282 g/mol. The number of hydrogen-bond acceptors (Lipinski definition) is 4. The summed E-state index contributed by atoms with van der Waals surface area (Å²) in [7, 11) is 0. The first-order chi connectivity index (χ1) is 10.3. The number of amides is 1. The summed E-state index contributed by atoms with van der Waals surface area (Å²) in [6.45, 7) is 5.81. The van der Waals surface area contributed by atoms with Crippen LogP contribution in [-0.4, -0.2) is 24.1 Å². The highest BCUT2D eigenvalue weighted by Crippen LogP contribution is 2.20. The molecule has 1 rings (SSSR count). The molecule has 0 saturated heterocycles. The number of unbranched alkanes of at least 4 members (excludes halogenated alkanes) is 1. The van der Waals surface area contributed by atoms with Crippen molar-refractivity contribution in [2.24, 2.45) is 5.73 Å². The third-order valence-corrected chi connectivity index (χ3v) is 3.18. The van der Waals surface area contributed by atoms with Crippen LogP contribution in [0.25, 0.3) is 0 Å². The lowest BCUT2D eigenvalue weighted by atomic mass is 10.1. The molecule has 0 aromatic heterocycles. The van der Waals surface area contributed by atoms with Gasteiger partial charge in [0.25, 0.3) is 0 Å². The summed E-state index contributed by atoms with van der Waals surface area (Å²) >= 11 is 0. The number of ether oxygens (including phenoxy) is 2. The molecule has 1 amide bonds. The topological polar surface area (TPSA) is 78.6 Å². The van der Waals surface area contributed by atoms with Crippen LogP contribution in [0.15, 0.2) is 24.3 Å². The Hall–Kier alpha value is -2.04. The second-order valence-electron chi connectivity index (χ2n) is 5.71. The molecule has 1 aromatic rings. The first-order valence-corrected chi connectivity index (χ1v) is 7.58. The summed E-state index contributed by atoms with van der Waals surface area (Å²) in [4.78, 5) is 22.7. The van der Waals surface area contributed by atoms with Crippen LogP contribution in [0.1, 0.15) is 45.6 Å². The van der Waals surface area contributed by atoms with Crippen LogP contribution >= 0.6 is 0 Å². The van der Waals surface area contributed by atoms with E-state index in [2.05, 4.69) is 0 Å². The van der Waals surface area contributed by atoms with Crippen molar-refractivity contribution < 1.29 is 19.1 Å². The largest absolute Gasteiger partial charge is 0.476 e. The Labute approximate surface area is 131 Å². The summed E-state index contributed by atoms with van der Waals surface area (Å²) in [6.07, 6.45) is 2.73. The number of esters is 1. The molecule has 0 aliphatic rings. The van der Waals surface area contributed by atoms with Gasteiger partial charge in [0.05, 0.1) is 6.61 Å². The number of carbonyl (C=O) groups excluding carboxylic acids is 2. The fourth-order valence-corrected chi connectivity index (χ4v) is 1.81. The van der Waals surface area contributed by atoms with Gasteiger partial charge in [-0.3, -0.25) is 4.79 Å². The first kappa shape index (κ1) is 18.0. The van der Waals surface area contributed by atoms with Crippen LogP contribution in [0.5, 0.6) is 5.75 Å². The molecule has 0 unspecified atom stereocenters. The highest BCUT2D eigenvalue weighted by atomic mass is 16.6. The van der Waals surface area contributed by atoms with E-state index in [0.717, 1.165) is 18.4 Å². The molecule has 122 valence electrons. The molecule has 2 N–H and O–H groups in total. The Morgan fingerprint density at radius 1 is 1.18 bits per heavy atom. The van der Waals surface area contributed by atoms with Gasteiger partial charge in [0.15, 0.2) is 5.60 Å². The van der Waals surface area contributed by atoms with Crippen molar-refractivity contribution >= 4 is 11.9 Å². The molecule has 5 nitrogen and oxygen atoms in total. The van der Waals surface area contributed by atoms with Gasteiger partial charge in [-0.15, -0.1) is 0 Å². The van der Waals surface area contributed by atoms with E-state index < -0.39 is 5.60 Å². The van der Waals surface area contributed by atoms with Gasteiger partial charge in [-0.05, 0) is 44.4 Å². The number of rotatable bonds is 9. The van der Waals surface area contributed by atoms with E-state index >= 15 is 0 Å². The average molecular weight is 307 g/mol. The zero-order valence-corrected chi connectivity index (χ0v) is 13.6. The van der Waals surface area contributed by atoms with E-state index in [4.69, 9.17) is 15.2 Å². The third kappa shape index (κ3) is 6.16. The van der Waals surface area contributed by atoms with Crippen molar-refractivity contribution in [3.05, 3.63) is 29.8 Å². The third-order valence-electron chi connectivity index (χ3n) is 3.18. The van der Waals surface area contributed by atoms with E-state index in [9.17, 15) is 9.59 Å². The van der Waals surface area contributed by atoms with Crippen molar-refractivity contribution in [1.29, 1.82) is 0 Å². The standard InChI is InChI=1S/C17H25NO4/c1-4-5-12-21-16(20)17(2,3)22-14-9-6-13(7-10-14)8-11-15(18)19/h6-7,9-10H,4-5,8,11-12H2,1-3H3,(H2,18,19). The molecule has 0 aliphatic heterocycles. The minimum Gasteiger partial charge on any atom is -0.476 e. The molecule has 0 aliphatic carbocycles. The first-order valence-electron chi connectivity index (χ1n) is 7.58. The molecule has 22 heavy (non-hydrogen) atoms. The maximum atomic E-state index is 12.0. The normalized spacial score (nSPS) is 11.0. The number of primary amides is 1. The smallest absolute Gasteiger partial charge is 0.349 e. The molecule has 0 heterocycles. The van der Waals surface area contributed by atoms with Gasteiger partial charge in [-0.1, -0.05) is 25.5 Å². The molecular formula is C17H25NO4. The summed E-state index contributed by atoms with van der Waals surface area (Å²) < 4.78 is 10.9. The van der Waals surface area contributed by atoms with Crippen LogP contribution in [-0.2, 0) is 20.7 Å². The molecule has 1 aromatic carbocycles. The molecule has 0 saturated carbocycles. The number of aryl methyl sites for hydroxylation is 1. The van der Waals surface area contributed by atoms with Crippen LogP contribution < -0.4 is 10.5 Å². The minimum absolute atomic E-state index is 0.315. The molecule has 0 radical (unpaired) electrons. The fraction of sp³-hybridized carbons (Fsp3) is 0.529. The van der Waals surface area contributed by atoms with Gasteiger partial charge in [0, 0.05) is 6.42 Å². The predicted molar refractivity (Wildman–Crippen MR) is 84.5 cm³/mol. The fourth-order valence-electron chi connectivity index (χ4n) is 1.81. The molecule has 5 heteroatoms. The lowest BCUT2D eigenvalue weighted by molar-refractivity contribution is -0.159. The van der Waals surface area contributed by atoms with Crippen LogP contribution in [0.4, 0.5) is 0 Å². The average Bonchev–Trinajstić information content (AvgIpc) is 2.46. The Morgan fingerprint density at radius 3 is 2.36 bits per heavy atom.